The van der Waals surface area contributed by atoms with Crippen LogP contribution in [0.4, 0.5) is 0 Å². The molecule has 15 rings (SSSR count). The van der Waals surface area contributed by atoms with E-state index >= 15 is 0 Å². The molecule has 0 saturated heterocycles. The van der Waals surface area contributed by atoms with E-state index in [1.165, 1.54) is 0 Å². The number of hydrogen-bond donors (Lipinski definition) is 4. The number of halogens is 8. The smallest absolute Gasteiger partial charge is 0.744 e. The van der Waals surface area contributed by atoms with Crippen molar-refractivity contribution < 1.29 is 86.0 Å². The van der Waals surface area contributed by atoms with Crippen LogP contribution in [-0.4, -0.2) is 110 Å². The number of nitrogens with zero attached hydrogens (tertiary/aromatic N) is 8. The molecule has 6 aliphatic heterocycles. The van der Waals surface area contributed by atoms with E-state index in [9.17, 15) is 51.9 Å². The van der Waals surface area contributed by atoms with E-state index in [1.807, 2.05) is 85.0 Å². The van der Waals surface area contributed by atoms with Crippen LogP contribution in [0.5, 0.6) is 0 Å². The van der Waals surface area contributed by atoms with Gasteiger partial charge in [0.25, 0.3) is 0 Å². The van der Waals surface area contributed by atoms with Crippen LogP contribution in [0.2, 0.25) is 20.1 Å². The minimum absolute atomic E-state index is 0. The summed E-state index contributed by atoms with van der Waals surface area (Å²) in [5.74, 6) is 0. The molecule has 4 N–H and O–H groups in total. The van der Waals surface area contributed by atoms with Crippen LogP contribution >= 0.6 is 93.2 Å². The third-order valence-corrected chi connectivity index (χ3v) is 21.1. The van der Waals surface area contributed by atoms with Crippen molar-refractivity contribution in [2.75, 3.05) is 0 Å². The zero-order chi connectivity index (χ0) is 68.2. The van der Waals surface area contributed by atoms with Gasteiger partial charge in [0, 0.05) is 67.7 Å². The number of nitrogens with one attached hydrogen (secondary N) is 4. The SMILES string of the molecule is C1=Cc2cc3ccc(cc4ccc(cc5nc(cc1n2)C=C5)[nH]4)[nH]3.C1=Cc2cc3ccc(cc4ccc(cc5nc(cc1n2)C=C5)[nH]4)[nH]3.O=S(=O)([O-])c1c2nc(c(S(=O)(=O)[O-])c3c(Cl)c(Cl)c(c(S(=O)(=O)[O-])c4nc(c(S(=O)(=O)[O-])c5c(Cl)c(Cl)c1n5Cl)C(Cl)=C4Cl)n3Cl)C=C2.[Mn+2].[Mn+2]. The Morgan fingerprint density at radius 2 is 0.510 bits per heavy atom. The number of rotatable bonds is 4. The van der Waals surface area contributed by atoms with Crippen LogP contribution < -0.4 is 0 Å². The Balaban J connectivity index is 0.000000162. The van der Waals surface area contributed by atoms with Gasteiger partial charge in [-0.05, 0) is 158 Å². The average molecular weight is 1630 g/mol. The Labute approximate surface area is 613 Å². The van der Waals surface area contributed by atoms with Gasteiger partial charge in [0.1, 0.15) is 71.4 Å². The van der Waals surface area contributed by atoms with Crippen LogP contribution in [0, 0.1) is 0 Å². The molecule has 496 valence electrons. The van der Waals surface area contributed by atoms with Gasteiger partial charge in [-0.3, -0.25) is 0 Å². The Kier molecular flexibility index (Phi) is 20.1. The molecule has 0 fully saturated rings. The zero-order valence-corrected chi connectivity index (χ0v) is 59.6. The van der Waals surface area contributed by atoms with Gasteiger partial charge in [0.2, 0.25) is 0 Å². The second-order valence-electron chi connectivity index (χ2n) is 20.8. The van der Waals surface area contributed by atoms with Crippen molar-refractivity contribution in [2.45, 2.75) is 19.6 Å². The van der Waals surface area contributed by atoms with Gasteiger partial charge in [-0.2, -0.15) is 0 Å². The van der Waals surface area contributed by atoms with Crippen molar-refractivity contribution in [3.63, 3.8) is 0 Å². The molecule has 98 heavy (non-hydrogen) atoms. The summed E-state index contributed by atoms with van der Waals surface area (Å²) in [6, 6.07) is 32.8. The van der Waals surface area contributed by atoms with Crippen molar-refractivity contribution in [2.24, 2.45) is 0 Å². The molecule has 0 amide bonds. The first kappa shape index (κ1) is 72.1. The first-order valence-electron chi connectivity index (χ1n) is 26.9. The van der Waals surface area contributed by atoms with Crippen molar-refractivity contribution in [1.29, 1.82) is 0 Å². The Bertz CT molecular complexity index is 5700. The summed E-state index contributed by atoms with van der Waals surface area (Å²) in [7, 11) is -23.7. The maximum absolute atomic E-state index is 12.7. The summed E-state index contributed by atoms with van der Waals surface area (Å²) in [5, 5.41) is -6.30. The van der Waals surface area contributed by atoms with E-state index in [0.29, 0.717) is 12.2 Å². The molecule has 0 saturated carbocycles. The number of aromatic amines is 4. The second kappa shape index (κ2) is 27.4. The minimum Gasteiger partial charge on any atom is -0.744 e. The normalized spacial score (nSPS) is 13.2. The Morgan fingerprint density at radius 3 is 0.745 bits per heavy atom. The van der Waals surface area contributed by atoms with Crippen molar-refractivity contribution >= 4 is 271 Å². The predicted molar refractivity (Wildman–Crippen MR) is 368 cm³/mol. The molecule has 0 spiro atoms. The fourth-order valence-electron chi connectivity index (χ4n) is 10.4. The molecule has 15 heterocycles. The maximum Gasteiger partial charge on any atom is 2.00 e. The Hall–Kier alpha value is -7.20. The largest absolute Gasteiger partial charge is 2.00 e. The summed E-state index contributed by atoms with van der Waals surface area (Å²) in [6.45, 7) is 0. The van der Waals surface area contributed by atoms with E-state index in [-0.39, 0.29) is 42.3 Å². The minimum atomic E-state index is -5.98. The van der Waals surface area contributed by atoms with Crippen LogP contribution in [0.3, 0.4) is 0 Å². The van der Waals surface area contributed by atoms with Crippen LogP contribution in [0.1, 0.15) is 68.3 Å². The molecule has 0 aliphatic carbocycles. The zero-order valence-electron chi connectivity index (χ0n) is 47.9. The number of fused-ring (bicyclic) bond motifs is 24. The number of aromatic nitrogens is 12. The van der Waals surface area contributed by atoms with Gasteiger partial charge in [-0.15, -0.1) is 0 Å². The summed E-state index contributed by atoms with van der Waals surface area (Å²) >= 11 is 49.7. The van der Waals surface area contributed by atoms with Gasteiger partial charge in [-0.1, -0.05) is 69.6 Å². The summed E-state index contributed by atoms with van der Waals surface area (Å²) < 4.78 is 152. The first-order chi connectivity index (χ1) is 45.3. The van der Waals surface area contributed by atoms with Crippen molar-refractivity contribution in [3.05, 3.63) is 185 Å². The van der Waals surface area contributed by atoms with E-state index in [2.05, 4.69) is 111 Å². The third kappa shape index (κ3) is 14.4. The fraction of sp³-hybridized carbons (Fsp3) is 0. The first-order valence-corrected chi connectivity index (χ1v) is 35.5. The van der Waals surface area contributed by atoms with Gasteiger partial charge < -0.3 is 38.1 Å². The van der Waals surface area contributed by atoms with Gasteiger partial charge >= 0.3 is 34.1 Å². The topological polar surface area (TPSA) is 379 Å². The average Bonchev–Trinajstić information content (AvgIpc) is 1.56. The van der Waals surface area contributed by atoms with Crippen molar-refractivity contribution in [1.82, 2.24) is 58.0 Å². The van der Waals surface area contributed by atoms with E-state index in [4.69, 9.17) is 93.2 Å². The molecule has 38 heteroatoms. The molecule has 24 bridgehead atoms. The van der Waals surface area contributed by atoms with E-state index in [0.717, 1.165) is 89.7 Å². The van der Waals surface area contributed by atoms with Crippen LogP contribution in [0.25, 0.3) is 137 Å². The monoisotopic (exact) mass is 1630 g/mol. The van der Waals surface area contributed by atoms with Crippen molar-refractivity contribution in [3.8, 4) is 0 Å². The molecule has 9 aromatic heterocycles. The second-order valence-corrected chi connectivity index (χ2v) is 29.0. The molecule has 0 aromatic carbocycles. The predicted octanol–water partition coefficient (Wildman–Crippen LogP) is 14.3. The summed E-state index contributed by atoms with van der Waals surface area (Å²) in [4.78, 5) is 33.0. The maximum atomic E-state index is 12.7. The van der Waals surface area contributed by atoms with E-state index < -0.39 is 135 Å². The fourth-order valence-corrected chi connectivity index (χ4v) is 16.5. The summed E-state index contributed by atoms with van der Waals surface area (Å²) in [5.41, 5.74) is 6.39. The molecule has 6 aliphatic rings. The van der Waals surface area contributed by atoms with Gasteiger partial charge in [0.15, 0.2) is 0 Å². The molecule has 0 unspecified atom stereocenters. The number of H-pyrrole nitrogens is 4. The molecule has 0 atom stereocenters. The Morgan fingerprint density at radius 1 is 0.296 bits per heavy atom. The van der Waals surface area contributed by atoms with E-state index in [1.54, 1.807) is 0 Å². The van der Waals surface area contributed by atoms with Gasteiger partial charge in [-0.25, -0.2) is 71.7 Å². The molecule has 9 aromatic rings. The molecular formula is C60H30Cl8Mn2N12O12S4. The van der Waals surface area contributed by atoms with Crippen LogP contribution in [0.15, 0.2) is 117 Å². The molecule has 2 radical (unpaired) electrons. The molecule has 24 nitrogen and oxygen atoms in total. The standard InChI is InChI=1S/C20H6Cl8N4O12S4.2C20H14N4.2Mn/c21-5-6(22)12-20(48(42,43)44)16-10(26)8(24)14(32(16)28)18(46(36,37)38)4-2-1-3(29-4)17(45(33,34)35)13-7(23)9(25)15(31(13)27)19(11(5)30-12)47(39,40)41;2*1-2-14-10-16-5-6-18(23-16)12-20-8-7-19(24-20)11-17-4-3-15(22-17)9-13(1)21-14;;/h1-2H,(H,33,34,35)(H,36,37,38)(H,39,40,41)(H,42,43,44);2*1-12,21-22H;;/q;;;2*+2/p-4. The third-order valence-electron chi connectivity index (χ3n) is 14.3. The van der Waals surface area contributed by atoms with Gasteiger partial charge in [0.05, 0.1) is 109 Å². The van der Waals surface area contributed by atoms with Crippen LogP contribution in [-0.2, 0) is 74.6 Å². The summed E-state index contributed by atoms with van der Waals surface area (Å²) in [6.07, 6.45) is 17.4. The number of hydrogen-bond acceptors (Lipinski definition) is 18. The molecular weight excluding hydrogens is 1600 g/mol. The quantitative estimate of drug-likeness (QED) is 0.0939.